The number of carbonyl (C=O) groups excluding carboxylic acids is 1. The molecule has 0 bridgehead atoms. The van der Waals surface area contributed by atoms with E-state index in [1.807, 2.05) is 26.0 Å². The Hall–Kier alpha value is -0.830. The highest BCUT2D eigenvalue weighted by atomic mass is 79.9. The Bertz CT molecular complexity index is 435. The van der Waals surface area contributed by atoms with Crippen LogP contribution in [0.15, 0.2) is 16.6 Å². The Morgan fingerprint density at radius 3 is 2.73 bits per heavy atom. The van der Waals surface area contributed by atoms with Crippen molar-refractivity contribution in [3.05, 3.63) is 27.7 Å². The van der Waals surface area contributed by atoms with Gasteiger partial charge in [-0.05, 0) is 54.4 Å². The molecule has 0 aromatic heterocycles. The number of ether oxygens (including phenoxy) is 1. The fraction of sp³-hybridized carbons (Fsp3) is 0.417. The second-order valence-corrected chi connectivity index (χ2v) is 5.40. The van der Waals surface area contributed by atoms with Crippen molar-refractivity contribution in [3.8, 4) is 5.75 Å². The lowest BCUT2D eigenvalue weighted by Gasteiger charge is -2.17. The first-order valence-electron chi connectivity index (χ1n) is 4.91. The molecule has 1 aliphatic heterocycles. The van der Waals surface area contributed by atoms with Gasteiger partial charge in [0, 0.05) is 12.0 Å². The Morgan fingerprint density at radius 1 is 1.47 bits per heavy atom. The van der Waals surface area contributed by atoms with Gasteiger partial charge in [-0.2, -0.15) is 0 Å². The van der Waals surface area contributed by atoms with Gasteiger partial charge in [-0.3, -0.25) is 4.79 Å². The summed E-state index contributed by atoms with van der Waals surface area (Å²) in [4.78, 5) is 11.3. The van der Waals surface area contributed by atoms with Gasteiger partial charge < -0.3 is 4.74 Å². The first kappa shape index (κ1) is 10.7. The fourth-order valence-corrected chi connectivity index (χ4v) is 2.45. The molecule has 0 saturated carbocycles. The summed E-state index contributed by atoms with van der Waals surface area (Å²) in [5.41, 5.74) is 1.68. The quantitative estimate of drug-likeness (QED) is 0.731. The number of carbonyl (C=O) groups is 1. The number of hydrogen-bond donors (Lipinski definition) is 0. The molecule has 0 radical (unpaired) electrons. The summed E-state index contributed by atoms with van der Waals surface area (Å²) < 4.78 is 6.67. The zero-order valence-corrected chi connectivity index (χ0v) is 10.6. The summed E-state index contributed by atoms with van der Waals surface area (Å²) in [7, 11) is 0. The van der Waals surface area contributed by atoms with Gasteiger partial charge in [-0.15, -0.1) is 0 Å². The largest absolute Gasteiger partial charge is 0.486 e. The van der Waals surface area contributed by atoms with Crippen LogP contribution in [0.5, 0.6) is 5.75 Å². The van der Waals surface area contributed by atoms with Gasteiger partial charge in [0.15, 0.2) is 5.78 Å². The molecule has 0 fully saturated rings. The molecule has 1 aromatic carbocycles. The SMILES string of the molecule is CC(=O)c1cc(Br)c2c(c1)CC(C)(C)O2. The number of hydrogen-bond acceptors (Lipinski definition) is 2. The molecule has 0 atom stereocenters. The van der Waals surface area contributed by atoms with Crippen molar-refractivity contribution < 1.29 is 9.53 Å². The van der Waals surface area contributed by atoms with Crippen molar-refractivity contribution in [2.24, 2.45) is 0 Å². The lowest BCUT2D eigenvalue weighted by atomic mass is 9.99. The predicted octanol–water partition coefficient (Wildman–Crippen LogP) is 3.37. The van der Waals surface area contributed by atoms with E-state index in [0.29, 0.717) is 0 Å². The highest BCUT2D eigenvalue weighted by Crippen LogP contribution is 2.41. The Labute approximate surface area is 97.8 Å². The molecule has 80 valence electrons. The minimum atomic E-state index is -0.166. The summed E-state index contributed by atoms with van der Waals surface area (Å²) in [6.45, 7) is 5.68. The molecule has 0 aliphatic carbocycles. The van der Waals surface area contributed by atoms with Crippen LogP contribution in [0.25, 0.3) is 0 Å². The van der Waals surface area contributed by atoms with Crippen LogP contribution in [0.3, 0.4) is 0 Å². The van der Waals surface area contributed by atoms with Gasteiger partial charge >= 0.3 is 0 Å². The number of benzene rings is 1. The minimum absolute atomic E-state index is 0.0863. The maximum absolute atomic E-state index is 11.3. The van der Waals surface area contributed by atoms with Crippen LogP contribution in [0.1, 0.15) is 36.7 Å². The first-order valence-corrected chi connectivity index (χ1v) is 5.71. The molecule has 15 heavy (non-hydrogen) atoms. The molecule has 0 N–H and O–H groups in total. The summed E-state index contributed by atoms with van der Waals surface area (Å²) in [6.07, 6.45) is 0.849. The number of ketones is 1. The van der Waals surface area contributed by atoms with Gasteiger partial charge in [0.1, 0.15) is 11.4 Å². The highest BCUT2D eigenvalue weighted by molar-refractivity contribution is 9.10. The van der Waals surface area contributed by atoms with Crippen LogP contribution in [-0.4, -0.2) is 11.4 Å². The monoisotopic (exact) mass is 268 g/mol. The van der Waals surface area contributed by atoms with Crippen molar-refractivity contribution in [1.82, 2.24) is 0 Å². The van der Waals surface area contributed by atoms with Gasteiger partial charge in [0.05, 0.1) is 4.47 Å². The zero-order chi connectivity index (χ0) is 11.2. The van der Waals surface area contributed by atoms with Gasteiger partial charge in [0.2, 0.25) is 0 Å². The van der Waals surface area contributed by atoms with E-state index in [1.54, 1.807) is 6.92 Å². The van der Waals surface area contributed by atoms with Crippen LogP contribution < -0.4 is 4.74 Å². The molecule has 0 spiro atoms. The van der Waals surface area contributed by atoms with E-state index in [0.717, 1.165) is 27.8 Å². The number of halogens is 1. The van der Waals surface area contributed by atoms with Crippen LogP contribution >= 0.6 is 15.9 Å². The third-order valence-corrected chi connectivity index (χ3v) is 3.11. The van der Waals surface area contributed by atoms with Gasteiger partial charge in [-0.25, -0.2) is 0 Å². The smallest absolute Gasteiger partial charge is 0.159 e. The van der Waals surface area contributed by atoms with Crippen LogP contribution in [0.2, 0.25) is 0 Å². The molecule has 0 saturated heterocycles. The molecule has 1 aromatic rings. The third-order valence-electron chi connectivity index (χ3n) is 2.52. The molecule has 2 nitrogen and oxygen atoms in total. The highest BCUT2D eigenvalue weighted by Gasteiger charge is 2.32. The fourth-order valence-electron chi connectivity index (χ4n) is 1.87. The topological polar surface area (TPSA) is 26.3 Å². The van der Waals surface area contributed by atoms with Gasteiger partial charge in [-0.1, -0.05) is 0 Å². The molecule has 0 amide bonds. The normalized spacial score (nSPS) is 17.1. The number of fused-ring (bicyclic) bond motifs is 1. The average Bonchev–Trinajstić information content (AvgIpc) is 2.39. The van der Waals surface area contributed by atoms with Gasteiger partial charge in [0.25, 0.3) is 0 Å². The summed E-state index contributed by atoms with van der Waals surface area (Å²) in [5.74, 6) is 0.966. The minimum Gasteiger partial charge on any atom is -0.486 e. The molecule has 3 heteroatoms. The molecular weight excluding hydrogens is 256 g/mol. The Morgan fingerprint density at radius 2 is 2.13 bits per heavy atom. The molecule has 0 unspecified atom stereocenters. The molecular formula is C12H13BrO2. The maximum atomic E-state index is 11.3. The molecule has 1 heterocycles. The van der Waals surface area contributed by atoms with Crippen LogP contribution in [0, 0.1) is 0 Å². The predicted molar refractivity (Wildman–Crippen MR) is 62.6 cm³/mol. The maximum Gasteiger partial charge on any atom is 0.159 e. The molecule has 1 aliphatic rings. The zero-order valence-electron chi connectivity index (χ0n) is 9.06. The van der Waals surface area contributed by atoms with E-state index in [4.69, 9.17) is 4.74 Å². The van der Waals surface area contributed by atoms with E-state index in [1.165, 1.54) is 0 Å². The Balaban J connectivity index is 2.51. The Kier molecular flexibility index (Phi) is 2.38. The third kappa shape index (κ3) is 1.93. The van der Waals surface area contributed by atoms with Crippen molar-refractivity contribution in [2.75, 3.05) is 0 Å². The average molecular weight is 269 g/mol. The lowest BCUT2D eigenvalue weighted by molar-refractivity contribution is 0.101. The van der Waals surface area contributed by atoms with Crippen LogP contribution in [0.4, 0.5) is 0 Å². The van der Waals surface area contributed by atoms with Crippen molar-refractivity contribution >= 4 is 21.7 Å². The second-order valence-electron chi connectivity index (χ2n) is 4.54. The van der Waals surface area contributed by atoms with Crippen LogP contribution in [-0.2, 0) is 6.42 Å². The lowest BCUT2D eigenvalue weighted by Crippen LogP contribution is -2.24. The van der Waals surface area contributed by atoms with E-state index in [2.05, 4.69) is 15.9 Å². The van der Waals surface area contributed by atoms with Crippen molar-refractivity contribution in [3.63, 3.8) is 0 Å². The summed E-state index contributed by atoms with van der Waals surface area (Å²) in [5, 5.41) is 0. The number of rotatable bonds is 1. The summed E-state index contributed by atoms with van der Waals surface area (Å²) in [6, 6.07) is 3.75. The standard InChI is InChI=1S/C12H13BrO2/c1-7(14)8-4-9-6-12(2,3)15-11(9)10(13)5-8/h4-5H,6H2,1-3H3. The van der Waals surface area contributed by atoms with E-state index in [9.17, 15) is 4.79 Å². The second kappa shape index (κ2) is 3.34. The van der Waals surface area contributed by atoms with E-state index in [-0.39, 0.29) is 11.4 Å². The first-order chi connectivity index (χ1) is 6.89. The van der Waals surface area contributed by atoms with E-state index >= 15 is 0 Å². The van der Waals surface area contributed by atoms with Crippen molar-refractivity contribution in [2.45, 2.75) is 32.8 Å². The van der Waals surface area contributed by atoms with E-state index < -0.39 is 0 Å². The number of Topliss-reactive ketones (excluding diaryl/α,β-unsaturated/α-hetero) is 1. The van der Waals surface area contributed by atoms with Crippen molar-refractivity contribution in [1.29, 1.82) is 0 Å². The summed E-state index contributed by atoms with van der Waals surface area (Å²) >= 11 is 3.44. The molecule has 2 rings (SSSR count).